The zero-order valence-electron chi connectivity index (χ0n) is 16.9. The number of nitrogens with one attached hydrogen (secondary N) is 1. The zero-order valence-corrected chi connectivity index (χ0v) is 16.9. The van der Waals surface area contributed by atoms with Gasteiger partial charge in [-0.1, -0.05) is 30.3 Å². The number of nitrogens with two attached hydrogens (primary N) is 1. The fraction of sp³-hybridized carbons (Fsp3) is 0.120. The van der Waals surface area contributed by atoms with Gasteiger partial charge in [-0.2, -0.15) is 0 Å². The summed E-state index contributed by atoms with van der Waals surface area (Å²) in [5, 5.41) is 1.16. The van der Waals surface area contributed by atoms with Gasteiger partial charge in [0.2, 0.25) is 0 Å². The van der Waals surface area contributed by atoms with Crippen LogP contribution in [0.25, 0.3) is 33.1 Å². The van der Waals surface area contributed by atoms with E-state index in [1.54, 1.807) is 0 Å². The van der Waals surface area contributed by atoms with Crippen LogP contribution in [-0.4, -0.2) is 28.1 Å². The molecule has 6 rings (SSSR count). The van der Waals surface area contributed by atoms with Gasteiger partial charge >= 0.3 is 0 Å². The van der Waals surface area contributed by atoms with Crippen molar-refractivity contribution >= 4 is 33.6 Å². The highest BCUT2D eigenvalue weighted by molar-refractivity contribution is 5.91. The number of hydrogen-bond donors (Lipinski definition) is 2. The smallest absolute Gasteiger partial charge is 0.198 e. The summed E-state index contributed by atoms with van der Waals surface area (Å²) in [6.45, 7) is 2.23. The number of para-hydroxylation sites is 1. The van der Waals surface area contributed by atoms with Crippen LogP contribution in [0.1, 0.15) is 5.56 Å². The Morgan fingerprint density at radius 1 is 0.935 bits per heavy atom. The summed E-state index contributed by atoms with van der Waals surface area (Å²) in [4.78, 5) is 14.3. The Kier molecular flexibility index (Phi) is 4.02. The van der Waals surface area contributed by atoms with Crippen LogP contribution in [0.5, 0.6) is 5.75 Å². The number of nitrogen functional groups attached to an aromatic ring is 1. The number of rotatable bonds is 2. The van der Waals surface area contributed by atoms with Gasteiger partial charge in [0.15, 0.2) is 5.95 Å². The normalized spacial score (nSPS) is 13.7. The van der Waals surface area contributed by atoms with Crippen molar-refractivity contribution < 1.29 is 4.74 Å². The molecule has 1 aliphatic rings. The second-order valence-corrected chi connectivity index (χ2v) is 7.79. The molecule has 6 heteroatoms. The molecule has 0 radical (unpaired) electrons. The number of hydrogen-bond acceptors (Lipinski definition) is 5. The summed E-state index contributed by atoms with van der Waals surface area (Å²) in [6, 6.07) is 22.9. The third-order valence-electron chi connectivity index (χ3n) is 5.84. The number of imidazole rings is 1. The van der Waals surface area contributed by atoms with Crippen LogP contribution < -0.4 is 15.4 Å². The van der Waals surface area contributed by atoms with E-state index in [2.05, 4.69) is 74.4 Å². The molecule has 5 aromatic rings. The number of H-pyrrole nitrogens is 1. The molecule has 0 fully saturated rings. The molecule has 152 valence electrons. The second kappa shape index (κ2) is 7.02. The van der Waals surface area contributed by atoms with Crippen LogP contribution in [0.3, 0.4) is 0 Å². The van der Waals surface area contributed by atoms with Gasteiger partial charge in [0.05, 0.1) is 23.1 Å². The first-order valence-electron chi connectivity index (χ1n) is 10.3. The van der Waals surface area contributed by atoms with Crippen LogP contribution in [0.4, 0.5) is 11.6 Å². The van der Waals surface area contributed by atoms with Crippen LogP contribution in [-0.2, 0) is 6.54 Å². The lowest BCUT2D eigenvalue weighted by atomic mass is 10.0. The molecule has 0 amide bonds. The van der Waals surface area contributed by atoms with Crippen molar-refractivity contribution in [1.82, 2.24) is 15.0 Å². The Balaban J connectivity index is 1.40. The quantitative estimate of drug-likeness (QED) is 0.441. The number of fused-ring (bicyclic) bond motifs is 3. The molecule has 0 spiro atoms. The van der Waals surface area contributed by atoms with Crippen LogP contribution in [0.2, 0.25) is 0 Å². The lowest BCUT2D eigenvalue weighted by Crippen LogP contribution is -2.25. The standard InChI is InChI=1S/C25H21N5O/c26-25-28-21-7-5-17(14-22(21)29-25)16-6-8-24-18(13-16)15-30(11-12-31-24)23-9-10-27-20-4-2-1-3-19(20)23/h1-10,13-14H,11-12,15H2,(H3,26,28,29). The monoisotopic (exact) mass is 407 g/mol. The number of nitrogens with zero attached hydrogens (tertiary/aromatic N) is 3. The summed E-state index contributed by atoms with van der Waals surface area (Å²) in [5.41, 5.74) is 13.2. The van der Waals surface area contributed by atoms with Gasteiger partial charge < -0.3 is 20.4 Å². The summed E-state index contributed by atoms with van der Waals surface area (Å²) in [7, 11) is 0. The predicted octanol–water partition coefficient (Wildman–Crippen LogP) is 4.76. The van der Waals surface area contributed by atoms with E-state index in [0.717, 1.165) is 51.9 Å². The maximum Gasteiger partial charge on any atom is 0.198 e. The first kappa shape index (κ1) is 17.8. The minimum absolute atomic E-state index is 0.433. The predicted molar refractivity (Wildman–Crippen MR) is 124 cm³/mol. The van der Waals surface area contributed by atoms with E-state index in [-0.39, 0.29) is 0 Å². The summed E-state index contributed by atoms with van der Waals surface area (Å²) >= 11 is 0. The fourth-order valence-electron chi connectivity index (χ4n) is 4.34. The molecule has 0 saturated heterocycles. The van der Waals surface area contributed by atoms with Crippen molar-refractivity contribution in [2.24, 2.45) is 0 Å². The third-order valence-corrected chi connectivity index (χ3v) is 5.84. The van der Waals surface area contributed by atoms with Crippen molar-refractivity contribution in [1.29, 1.82) is 0 Å². The maximum absolute atomic E-state index is 6.09. The number of aromatic amines is 1. The van der Waals surface area contributed by atoms with E-state index in [1.165, 1.54) is 11.3 Å². The molecule has 3 aromatic carbocycles. The van der Waals surface area contributed by atoms with E-state index >= 15 is 0 Å². The van der Waals surface area contributed by atoms with Gasteiger partial charge in [0, 0.05) is 29.4 Å². The number of pyridine rings is 1. The second-order valence-electron chi connectivity index (χ2n) is 7.79. The number of ether oxygens (including phenoxy) is 1. The Bertz CT molecular complexity index is 1420. The lowest BCUT2D eigenvalue weighted by Gasteiger charge is -2.23. The summed E-state index contributed by atoms with van der Waals surface area (Å²) < 4.78 is 6.09. The highest BCUT2D eigenvalue weighted by atomic mass is 16.5. The van der Waals surface area contributed by atoms with E-state index < -0.39 is 0 Å². The third kappa shape index (κ3) is 3.13. The Morgan fingerprint density at radius 3 is 2.77 bits per heavy atom. The molecule has 3 N–H and O–H groups in total. The molecule has 3 heterocycles. The van der Waals surface area contributed by atoms with Gasteiger partial charge in [-0.25, -0.2) is 4.98 Å². The Morgan fingerprint density at radius 2 is 1.81 bits per heavy atom. The molecule has 0 bridgehead atoms. The minimum Gasteiger partial charge on any atom is -0.491 e. The van der Waals surface area contributed by atoms with Crippen molar-refractivity contribution in [2.45, 2.75) is 6.54 Å². The van der Waals surface area contributed by atoms with Gasteiger partial charge in [0.25, 0.3) is 0 Å². The first-order chi connectivity index (χ1) is 15.2. The van der Waals surface area contributed by atoms with Crippen molar-refractivity contribution in [3.8, 4) is 16.9 Å². The van der Waals surface area contributed by atoms with Gasteiger partial charge in [-0.3, -0.25) is 4.98 Å². The largest absolute Gasteiger partial charge is 0.491 e. The lowest BCUT2D eigenvalue weighted by molar-refractivity contribution is 0.332. The molecule has 31 heavy (non-hydrogen) atoms. The van der Waals surface area contributed by atoms with Crippen LogP contribution in [0, 0.1) is 0 Å². The molecule has 0 unspecified atom stereocenters. The van der Waals surface area contributed by atoms with Crippen molar-refractivity contribution in [3.63, 3.8) is 0 Å². The summed E-state index contributed by atoms with van der Waals surface area (Å²) in [6.07, 6.45) is 1.88. The molecule has 2 aromatic heterocycles. The highest BCUT2D eigenvalue weighted by Crippen LogP contribution is 2.33. The number of aromatic nitrogens is 3. The van der Waals surface area contributed by atoms with Crippen molar-refractivity contribution in [2.75, 3.05) is 23.8 Å². The molecule has 1 aliphatic heterocycles. The molecular weight excluding hydrogens is 386 g/mol. The first-order valence-corrected chi connectivity index (χ1v) is 10.3. The van der Waals surface area contributed by atoms with Gasteiger partial charge in [0.1, 0.15) is 12.4 Å². The van der Waals surface area contributed by atoms with Gasteiger partial charge in [-0.15, -0.1) is 0 Å². The Hall–Kier alpha value is -4.06. The Labute approximate surface area is 179 Å². The average Bonchev–Trinajstić information content (AvgIpc) is 3.04. The minimum atomic E-state index is 0.433. The van der Waals surface area contributed by atoms with E-state index in [1.807, 2.05) is 18.3 Å². The van der Waals surface area contributed by atoms with E-state index in [0.29, 0.717) is 12.6 Å². The number of benzene rings is 3. The molecule has 6 nitrogen and oxygen atoms in total. The fourth-order valence-corrected chi connectivity index (χ4v) is 4.34. The van der Waals surface area contributed by atoms with E-state index in [4.69, 9.17) is 10.5 Å². The highest BCUT2D eigenvalue weighted by Gasteiger charge is 2.18. The van der Waals surface area contributed by atoms with Crippen LogP contribution >= 0.6 is 0 Å². The molecular formula is C25H21N5O. The number of anilines is 2. The molecule has 0 atom stereocenters. The van der Waals surface area contributed by atoms with E-state index in [9.17, 15) is 0 Å². The van der Waals surface area contributed by atoms with Crippen LogP contribution in [0.15, 0.2) is 72.9 Å². The zero-order chi connectivity index (χ0) is 20.8. The topological polar surface area (TPSA) is 80.1 Å². The molecule has 0 saturated carbocycles. The van der Waals surface area contributed by atoms with Crippen molar-refractivity contribution in [3.05, 3.63) is 78.5 Å². The maximum atomic E-state index is 6.09. The SMILES string of the molecule is Nc1nc2ccc(-c3ccc4c(c3)CN(c3ccnc5ccccc35)CCO4)cc2[nH]1. The summed E-state index contributed by atoms with van der Waals surface area (Å²) in [5.74, 6) is 1.37. The van der Waals surface area contributed by atoms with Gasteiger partial charge in [-0.05, 0) is 47.5 Å². The average molecular weight is 407 g/mol. The molecule has 0 aliphatic carbocycles.